The first kappa shape index (κ1) is 36.2. The van der Waals surface area contributed by atoms with Crippen LogP contribution in [-0.2, 0) is 19.2 Å². The van der Waals surface area contributed by atoms with Crippen LogP contribution in [-0.4, -0.2) is 113 Å². The Morgan fingerprint density at radius 3 is 1.69 bits per heavy atom. The van der Waals surface area contributed by atoms with E-state index in [0.29, 0.717) is 23.0 Å². The van der Waals surface area contributed by atoms with E-state index in [1.807, 2.05) is 0 Å². The maximum absolute atomic E-state index is 10.5. The summed E-state index contributed by atoms with van der Waals surface area (Å²) >= 11 is 0. The number of quaternary nitrogens is 2. The number of nitrogens with one attached hydrogen (secondary N) is 2. The Balaban J connectivity index is 0.000000618. The smallest absolute Gasteiger partial charge is 0.351 e. The number of methoxy groups -OCH3 is 3. The van der Waals surface area contributed by atoms with Gasteiger partial charge in [-0.3, -0.25) is 0 Å². The molecule has 1 saturated carbocycles. The van der Waals surface area contributed by atoms with Crippen molar-refractivity contribution < 1.29 is 73.5 Å². The normalized spacial score (nSPS) is 19.0. The molecule has 0 spiro atoms. The summed E-state index contributed by atoms with van der Waals surface area (Å²) in [6, 6.07) is 3.52. The highest BCUT2D eigenvalue weighted by atomic mass is 16.5. The van der Waals surface area contributed by atoms with Gasteiger partial charge in [0.05, 0.1) is 27.9 Å². The van der Waals surface area contributed by atoms with Crippen molar-refractivity contribution in [2.24, 2.45) is 5.92 Å². The van der Waals surface area contributed by atoms with E-state index in [-0.39, 0.29) is 6.61 Å². The number of carboxylic acid groups (broad SMARTS) is 4. The van der Waals surface area contributed by atoms with E-state index in [2.05, 4.69) is 0 Å². The number of benzene rings is 1. The summed E-state index contributed by atoms with van der Waals surface area (Å²) in [6.07, 6.45) is 6.63. The zero-order chi connectivity index (χ0) is 31.7. The number of piperazine rings is 1. The van der Waals surface area contributed by atoms with Crippen molar-refractivity contribution in [3.63, 3.8) is 0 Å². The highest BCUT2D eigenvalue weighted by Crippen LogP contribution is 2.40. The standard InChI is InChI=1S/C23H38N2O5.2C2H2O4/c1-27-21-13-20(14-22(28-2)23(21)29-3)30-17-19(26)16-25-11-9-24(10-12-25)15-18-7-5-4-6-8-18;2*3-1(4)2(5)6/h13-14,18-19,26H,4-12,15-17H2,1-3H3;2*(H,3,4)(H,5,6). The number of hydrogen-bond donors (Lipinski definition) is 5. The molecule has 0 aromatic heterocycles. The van der Waals surface area contributed by atoms with Crippen LogP contribution >= 0.6 is 0 Å². The van der Waals surface area contributed by atoms with Crippen molar-refractivity contribution in [1.82, 2.24) is 0 Å². The molecule has 0 radical (unpaired) electrons. The molecule has 0 amide bonds. The van der Waals surface area contributed by atoms with Gasteiger partial charge in [-0.15, -0.1) is 0 Å². The van der Waals surface area contributed by atoms with E-state index in [9.17, 15) is 5.11 Å². The summed E-state index contributed by atoms with van der Waals surface area (Å²) < 4.78 is 21.9. The first-order valence-corrected chi connectivity index (χ1v) is 13.6. The van der Waals surface area contributed by atoms with Gasteiger partial charge in [-0.2, -0.15) is 0 Å². The van der Waals surface area contributed by atoms with Gasteiger partial charge in [0.1, 0.15) is 51.2 Å². The van der Waals surface area contributed by atoms with Gasteiger partial charge in [0.15, 0.2) is 23.4 Å². The molecule has 15 heteroatoms. The fourth-order valence-electron chi connectivity index (χ4n) is 4.89. The number of carboxylic acids is 4. The number of rotatable bonds is 10. The maximum Gasteiger partial charge on any atom is 0.351 e. The van der Waals surface area contributed by atoms with Crippen LogP contribution in [0.4, 0.5) is 0 Å². The van der Waals surface area contributed by atoms with Crippen molar-refractivity contribution in [2.75, 3.05) is 67.2 Å². The lowest BCUT2D eigenvalue weighted by Crippen LogP contribution is -3.28. The van der Waals surface area contributed by atoms with Crippen molar-refractivity contribution in [3.05, 3.63) is 12.1 Å². The molecule has 1 atom stereocenters. The summed E-state index contributed by atoms with van der Waals surface area (Å²) in [5.74, 6) is -4.86. The minimum absolute atomic E-state index is 0.251. The van der Waals surface area contributed by atoms with E-state index >= 15 is 0 Å². The second kappa shape index (κ2) is 19.3. The van der Waals surface area contributed by atoms with Gasteiger partial charge < -0.3 is 63.9 Å². The molecule has 1 aliphatic carbocycles. The number of ether oxygens (including phenoxy) is 4. The summed E-state index contributed by atoms with van der Waals surface area (Å²) in [5, 5.41) is 43.1. The molecule has 1 aromatic carbocycles. The second-order valence-electron chi connectivity index (χ2n) is 9.92. The van der Waals surface area contributed by atoms with E-state index in [4.69, 9.17) is 58.6 Å². The van der Waals surface area contributed by atoms with Crippen molar-refractivity contribution >= 4 is 23.9 Å². The van der Waals surface area contributed by atoms with Crippen molar-refractivity contribution in [2.45, 2.75) is 38.2 Å². The summed E-state index contributed by atoms with van der Waals surface area (Å²) in [7, 11) is 4.73. The Bertz CT molecular complexity index is 933. The zero-order valence-corrected chi connectivity index (χ0v) is 24.2. The van der Waals surface area contributed by atoms with Crippen LogP contribution < -0.4 is 39.0 Å². The van der Waals surface area contributed by atoms with Gasteiger partial charge in [-0.05, 0) is 12.8 Å². The molecule has 2 fully saturated rings. The van der Waals surface area contributed by atoms with Crippen LogP contribution in [0.2, 0.25) is 0 Å². The summed E-state index contributed by atoms with van der Waals surface area (Å²) in [4.78, 5) is 39.3. The minimum Gasteiger partial charge on any atom is -0.539 e. The third-order valence-corrected chi connectivity index (χ3v) is 6.92. The average molecular weight is 603 g/mol. The van der Waals surface area contributed by atoms with Crippen LogP contribution in [0.25, 0.3) is 0 Å². The molecule has 5 N–H and O–H groups in total. The van der Waals surface area contributed by atoms with Gasteiger partial charge >= 0.3 is 11.9 Å². The number of carbonyl (C=O) groups is 4. The van der Waals surface area contributed by atoms with E-state index < -0.39 is 30.0 Å². The Morgan fingerprint density at radius 1 is 0.833 bits per heavy atom. The molecule has 3 rings (SSSR count). The van der Waals surface area contributed by atoms with Gasteiger partial charge in [-0.25, -0.2) is 9.59 Å². The predicted molar refractivity (Wildman–Crippen MR) is 141 cm³/mol. The molecule has 1 aromatic rings. The van der Waals surface area contributed by atoms with E-state index in [0.717, 1.165) is 25.6 Å². The lowest BCUT2D eigenvalue weighted by molar-refractivity contribution is -1.01. The number of aliphatic hydroxyl groups is 1. The van der Waals surface area contributed by atoms with Crippen molar-refractivity contribution in [1.29, 1.82) is 0 Å². The van der Waals surface area contributed by atoms with Crippen LogP contribution in [0.5, 0.6) is 23.0 Å². The third kappa shape index (κ3) is 13.7. The Hall–Kier alpha value is -3.82. The van der Waals surface area contributed by atoms with E-state index in [1.54, 1.807) is 38.4 Å². The maximum atomic E-state index is 10.5. The number of aliphatic hydroxyl groups excluding tert-OH is 1. The fraction of sp³-hybridized carbons (Fsp3) is 0.630. The average Bonchev–Trinajstić information content (AvgIpc) is 2.97. The van der Waals surface area contributed by atoms with Crippen molar-refractivity contribution in [3.8, 4) is 23.0 Å². The Kier molecular flexibility index (Phi) is 16.7. The van der Waals surface area contributed by atoms with Gasteiger partial charge in [-0.1, -0.05) is 19.3 Å². The lowest BCUT2D eigenvalue weighted by Gasteiger charge is -2.33. The zero-order valence-electron chi connectivity index (χ0n) is 24.2. The van der Waals surface area contributed by atoms with E-state index in [1.165, 1.54) is 56.6 Å². The molecular formula is C27H42N2O13. The summed E-state index contributed by atoms with van der Waals surface area (Å²) in [6.45, 7) is 7.01. The largest absolute Gasteiger partial charge is 0.539 e. The molecule has 1 aliphatic heterocycles. The second-order valence-corrected chi connectivity index (χ2v) is 9.92. The van der Waals surface area contributed by atoms with Gasteiger partial charge in [0.25, 0.3) is 0 Å². The van der Waals surface area contributed by atoms with Crippen LogP contribution in [0.1, 0.15) is 32.1 Å². The topological polar surface area (TPSA) is 221 Å². The van der Waals surface area contributed by atoms with Crippen LogP contribution in [0.3, 0.4) is 0 Å². The lowest BCUT2D eigenvalue weighted by atomic mass is 9.89. The highest BCUT2D eigenvalue weighted by Gasteiger charge is 2.28. The molecular weight excluding hydrogens is 560 g/mol. The fourth-order valence-corrected chi connectivity index (χ4v) is 4.89. The molecule has 1 saturated heterocycles. The number of carbonyl (C=O) groups excluding carboxylic acids is 2. The van der Waals surface area contributed by atoms with Gasteiger partial charge in [0, 0.05) is 18.1 Å². The SMILES string of the molecule is COc1cc(OCC(O)C[NH+]2CC[NH+](CC3CCCCC3)CC2)cc(OC)c1OC.O=C([O-])C(=O)O.O=C([O-])C(=O)O. The van der Waals surface area contributed by atoms with Crippen LogP contribution in [0.15, 0.2) is 12.1 Å². The Morgan fingerprint density at radius 2 is 1.29 bits per heavy atom. The van der Waals surface area contributed by atoms with Crippen LogP contribution in [0, 0.1) is 5.92 Å². The minimum atomic E-state index is -2.07. The highest BCUT2D eigenvalue weighted by molar-refractivity contribution is 6.26. The predicted octanol–water partition coefficient (Wildman–Crippen LogP) is -4.54. The molecule has 0 bridgehead atoms. The van der Waals surface area contributed by atoms with Gasteiger partial charge in [0.2, 0.25) is 5.75 Å². The first-order valence-electron chi connectivity index (χ1n) is 13.6. The molecule has 238 valence electrons. The number of aliphatic carboxylic acids is 4. The first-order chi connectivity index (χ1) is 19.9. The molecule has 15 nitrogen and oxygen atoms in total. The molecule has 42 heavy (non-hydrogen) atoms. The quantitative estimate of drug-likeness (QED) is 0.160. The number of hydrogen-bond acceptors (Lipinski definition) is 11. The molecule has 2 aliphatic rings. The Labute approximate surface area is 244 Å². The molecule has 1 unspecified atom stereocenters. The third-order valence-electron chi connectivity index (χ3n) is 6.92. The summed E-state index contributed by atoms with van der Waals surface area (Å²) in [5.41, 5.74) is 0. The monoisotopic (exact) mass is 602 g/mol. The molecule has 1 heterocycles.